The van der Waals surface area contributed by atoms with Crippen LogP contribution in [-0.4, -0.2) is 82.5 Å². The van der Waals surface area contributed by atoms with E-state index in [1.165, 1.54) is 11.2 Å². The number of benzene rings is 1. The number of carbonyl (C=O) groups is 4. The van der Waals surface area contributed by atoms with Gasteiger partial charge in [-0.15, -0.1) is 0 Å². The third-order valence-electron chi connectivity index (χ3n) is 6.23. The Kier molecular flexibility index (Phi) is 9.86. The first-order chi connectivity index (χ1) is 19.4. The van der Waals surface area contributed by atoms with Gasteiger partial charge in [0.25, 0.3) is 5.91 Å². The van der Waals surface area contributed by atoms with Crippen molar-refractivity contribution in [2.75, 3.05) is 32.8 Å². The summed E-state index contributed by atoms with van der Waals surface area (Å²) in [7, 11) is 0. The maximum absolute atomic E-state index is 13.1. The van der Waals surface area contributed by atoms with E-state index < -0.39 is 11.9 Å². The summed E-state index contributed by atoms with van der Waals surface area (Å²) in [6.45, 7) is 2.65. The summed E-state index contributed by atoms with van der Waals surface area (Å²) in [5, 5.41) is 12.2. The Morgan fingerprint density at radius 1 is 1.12 bits per heavy atom. The number of amides is 4. The summed E-state index contributed by atoms with van der Waals surface area (Å²) in [4.78, 5) is 60.0. The average Bonchev–Trinajstić information content (AvgIpc) is 3.60. The minimum Gasteiger partial charge on any atom is -0.492 e. The molecule has 1 aliphatic rings. The maximum Gasteiger partial charge on any atom is 0.252 e. The fraction of sp³-hybridized carbons (Fsp3) is 0.407. The molecule has 1 aromatic carbocycles. The highest BCUT2D eigenvalue weighted by molar-refractivity contribution is 5.98. The van der Waals surface area contributed by atoms with Gasteiger partial charge < -0.3 is 35.1 Å². The molecule has 0 saturated heterocycles. The number of ether oxygens (including phenoxy) is 1. The standard InChI is InChI=1S/C27H33N7O6/c1-18-11-22(40-33-18)14-25(36)34-9-3-2-7-30-27(38)23(13-20-15-28-17-31-20)32-26(37)19-5-4-6-21(12-19)39-10-8-29-24(35)16-34/h4-6,11-12,15,17,23H,2-3,7-10,13-14,16H2,1H3,(H,28,31)(H,29,35)(H,30,38)(H,32,37)/t23-/m0/s1. The normalized spacial score (nSPS) is 17.9. The second kappa shape index (κ2) is 13.9. The van der Waals surface area contributed by atoms with Crippen molar-refractivity contribution in [1.82, 2.24) is 36.0 Å². The number of H-pyrrole nitrogens is 1. The van der Waals surface area contributed by atoms with Gasteiger partial charge in [0.05, 0.1) is 31.5 Å². The number of imidazole rings is 1. The van der Waals surface area contributed by atoms with Crippen molar-refractivity contribution >= 4 is 23.6 Å². The molecule has 3 aromatic rings. The van der Waals surface area contributed by atoms with Crippen LogP contribution in [0.15, 0.2) is 47.4 Å². The number of rotatable bonds is 4. The number of hydrogen-bond donors (Lipinski definition) is 4. The highest BCUT2D eigenvalue weighted by Crippen LogP contribution is 2.14. The maximum atomic E-state index is 13.1. The minimum atomic E-state index is -0.843. The molecule has 0 fully saturated rings. The fourth-order valence-electron chi connectivity index (χ4n) is 4.20. The van der Waals surface area contributed by atoms with Crippen LogP contribution in [0.25, 0.3) is 0 Å². The lowest BCUT2D eigenvalue weighted by Crippen LogP contribution is -2.48. The van der Waals surface area contributed by atoms with Crippen LogP contribution >= 0.6 is 0 Å². The molecule has 1 atom stereocenters. The van der Waals surface area contributed by atoms with Crippen LogP contribution in [-0.2, 0) is 27.2 Å². The fourth-order valence-corrected chi connectivity index (χ4v) is 4.20. The second-order valence-corrected chi connectivity index (χ2v) is 9.46. The van der Waals surface area contributed by atoms with Crippen molar-refractivity contribution in [3.8, 4) is 5.75 Å². The molecule has 0 aliphatic carbocycles. The number of hydrogen-bond acceptors (Lipinski definition) is 8. The Morgan fingerprint density at radius 3 is 2.77 bits per heavy atom. The van der Waals surface area contributed by atoms with Crippen molar-refractivity contribution in [1.29, 1.82) is 0 Å². The Labute approximate surface area is 231 Å². The summed E-state index contributed by atoms with van der Waals surface area (Å²) in [6.07, 6.45) is 4.42. The van der Waals surface area contributed by atoms with E-state index in [1.807, 2.05) is 0 Å². The highest BCUT2D eigenvalue weighted by atomic mass is 16.5. The third kappa shape index (κ3) is 8.41. The largest absolute Gasteiger partial charge is 0.492 e. The van der Waals surface area contributed by atoms with Crippen LogP contribution in [0.4, 0.5) is 0 Å². The van der Waals surface area contributed by atoms with Gasteiger partial charge in [-0.3, -0.25) is 19.2 Å². The SMILES string of the molecule is Cc1cc(CC(=O)N2CCCCNC(=O)[C@H](Cc3cnc[nH]3)NC(=O)c3cccc(c3)OCCNC(=O)C2)on1. The topological polar surface area (TPSA) is 172 Å². The smallest absolute Gasteiger partial charge is 0.252 e. The van der Waals surface area contributed by atoms with E-state index >= 15 is 0 Å². The zero-order chi connectivity index (χ0) is 28.3. The molecule has 3 heterocycles. The zero-order valence-electron chi connectivity index (χ0n) is 22.3. The Bertz CT molecular complexity index is 1310. The van der Waals surface area contributed by atoms with Gasteiger partial charge in [-0.25, -0.2) is 4.98 Å². The molecule has 0 unspecified atom stereocenters. The van der Waals surface area contributed by atoms with E-state index in [4.69, 9.17) is 9.26 Å². The van der Waals surface area contributed by atoms with Gasteiger partial charge in [0.15, 0.2) is 0 Å². The molecule has 4 N–H and O–H groups in total. The molecule has 4 amide bonds. The van der Waals surface area contributed by atoms with E-state index in [9.17, 15) is 19.2 Å². The molecule has 2 bridgehead atoms. The number of nitrogens with zero attached hydrogens (tertiary/aromatic N) is 3. The summed E-state index contributed by atoms with van der Waals surface area (Å²) in [6, 6.07) is 7.41. The molecule has 1 aliphatic heterocycles. The van der Waals surface area contributed by atoms with E-state index in [1.54, 1.807) is 43.5 Å². The van der Waals surface area contributed by atoms with E-state index in [-0.39, 0.29) is 50.3 Å². The van der Waals surface area contributed by atoms with Gasteiger partial charge >= 0.3 is 0 Å². The Morgan fingerprint density at radius 2 is 2.00 bits per heavy atom. The van der Waals surface area contributed by atoms with Crippen LogP contribution in [0.2, 0.25) is 0 Å². The van der Waals surface area contributed by atoms with Gasteiger partial charge in [-0.05, 0) is 38.0 Å². The van der Waals surface area contributed by atoms with Crippen molar-refractivity contribution in [2.24, 2.45) is 0 Å². The van der Waals surface area contributed by atoms with Crippen molar-refractivity contribution in [3.63, 3.8) is 0 Å². The first kappa shape index (κ1) is 28.3. The molecule has 40 heavy (non-hydrogen) atoms. The van der Waals surface area contributed by atoms with Gasteiger partial charge in [0.1, 0.15) is 24.2 Å². The monoisotopic (exact) mass is 551 g/mol. The summed E-state index contributed by atoms with van der Waals surface area (Å²) in [5.74, 6) is -0.503. The van der Waals surface area contributed by atoms with Crippen LogP contribution in [0.3, 0.4) is 0 Å². The van der Waals surface area contributed by atoms with Crippen molar-refractivity contribution in [3.05, 3.63) is 65.6 Å². The quantitative estimate of drug-likeness (QED) is 0.363. The summed E-state index contributed by atoms with van der Waals surface area (Å²) >= 11 is 0. The van der Waals surface area contributed by atoms with E-state index in [2.05, 4.69) is 31.1 Å². The minimum absolute atomic E-state index is 0.0146. The summed E-state index contributed by atoms with van der Waals surface area (Å²) in [5.41, 5.74) is 1.70. The lowest BCUT2D eigenvalue weighted by molar-refractivity contribution is -0.135. The Balaban J connectivity index is 1.46. The van der Waals surface area contributed by atoms with Gasteiger partial charge in [0.2, 0.25) is 17.7 Å². The van der Waals surface area contributed by atoms with E-state index in [0.717, 1.165) is 0 Å². The van der Waals surface area contributed by atoms with Gasteiger partial charge in [-0.2, -0.15) is 0 Å². The molecule has 0 spiro atoms. The molecular weight excluding hydrogens is 518 g/mol. The number of aromatic nitrogens is 3. The van der Waals surface area contributed by atoms with Crippen molar-refractivity contribution in [2.45, 2.75) is 38.6 Å². The summed E-state index contributed by atoms with van der Waals surface area (Å²) < 4.78 is 10.9. The van der Waals surface area contributed by atoms with Crippen LogP contribution in [0.5, 0.6) is 5.75 Å². The number of fused-ring (bicyclic) bond motifs is 2. The number of nitrogens with one attached hydrogen (secondary N) is 4. The molecule has 0 radical (unpaired) electrons. The molecule has 4 rings (SSSR count). The van der Waals surface area contributed by atoms with Crippen LogP contribution < -0.4 is 20.7 Å². The number of aryl methyl sites for hydroxylation is 1. The zero-order valence-corrected chi connectivity index (χ0v) is 22.3. The lowest BCUT2D eigenvalue weighted by atomic mass is 10.1. The first-order valence-electron chi connectivity index (χ1n) is 13.1. The predicted octanol–water partition coefficient (Wildman–Crippen LogP) is 0.524. The Hall–Kier alpha value is -4.68. The van der Waals surface area contributed by atoms with Crippen molar-refractivity contribution < 1.29 is 28.4 Å². The second-order valence-electron chi connectivity index (χ2n) is 9.46. The highest BCUT2D eigenvalue weighted by Gasteiger charge is 2.23. The lowest BCUT2D eigenvalue weighted by Gasteiger charge is -2.22. The third-order valence-corrected chi connectivity index (χ3v) is 6.23. The molecule has 13 nitrogen and oxygen atoms in total. The van der Waals surface area contributed by atoms with Crippen LogP contribution in [0, 0.1) is 6.92 Å². The molecule has 2 aromatic heterocycles. The number of carbonyl (C=O) groups excluding carboxylic acids is 4. The molecular formula is C27H33N7O6. The molecule has 0 saturated carbocycles. The molecule has 13 heteroatoms. The molecule has 212 valence electrons. The van der Waals surface area contributed by atoms with E-state index in [0.29, 0.717) is 54.4 Å². The van der Waals surface area contributed by atoms with Gasteiger partial charge in [0, 0.05) is 43.0 Å². The van der Waals surface area contributed by atoms with Gasteiger partial charge in [-0.1, -0.05) is 11.2 Å². The average molecular weight is 552 g/mol. The first-order valence-corrected chi connectivity index (χ1v) is 13.1. The predicted molar refractivity (Wildman–Crippen MR) is 142 cm³/mol. The number of aromatic amines is 1. The van der Waals surface area contributed by atoms with Crippen LogP contribution in [0.1, 0.15) is 40.3 Å².